The summed E-state index contributed by atoms with van der Waals surface area (Å²) in [5, 5.41) is 6.81. The maximum Gasteiger partial charge on any atom is 0.319 e. The highest BCUT2D eigenvalue weighted by molar-refractivity contribution is 6.01. The van der Waals surface area contributed by atoms with Crippen LogP contribution in [0.1, 0.15) is 18.9 Å². The van der Waals surface area contributed by atoms with Crippen molar-refractivity contribution in [3.8, 4) is 17.0 Å². The largest absolute Gasteiger partial charge is 0.497 e. The molecule has 0 aliphatic rings. The highest BCUT2D eigenvalue weighted by Crippen LogP contribution is 2.38. The second-order valence-electron chi connectivity index (χ2n) is 7.99. The van der Waals surface area contributed by atoms with Crippen molar-refractivity contribution in [2.75, 3.05) is 24.7 Å². The highest BCUT2D eigenvalue weighted by Gasteiger charge is 2.17. The van der Waals surface area contributed by atoms with Crippen molar-refractivity contribution < 1.29 is 9.53 Å². The lowest BCUT2D eigenvalue weighted by atomic mass is 10.1. The van der Waals surface area contributed by atoms with Gasteiger partial charge in [-0.15, -0.1) is 0 Å². The number of carbonyl (C=O) groups is 1. The average molecular weight is 443 g/mol. The zero-order valence-corrected chi connectivity index (χ0v) is 19.1. The van der Waals surface area contributed by atoms with Crippen molar-refractivity contribution in [1.29, 1.82) is 0 Å². The Kier molecular flexibility index (Phi) is 6.83. The molecule has 1 heterocycles. The van der Waals surface area contributed by atoms with Gasteiger partial charge in [-0.05, 0) is 42.7 Å². The molecular weight excluding hydrogens is 412 g/mol. The summed E-state index contributed by atoms with van der Waals surface area (Å²) in [6, 6.07) is 23.6. The summed E-state index contributed by atoms with van der Waals surface area (Å²) >= 11 is 0. The van der Waals surface area contributed by atoms with E-state index in [9.17, 15) is 4.79 Å². The fourth-order valence-corrected chi connectivity index (χ4v) is 4.10. The number of urea groups is 1. The molecule has 6 heteroatoms. The normalized spacial score (nSPS) is 10.8. The number of nitrogen functional groups attached to an aromatic ring is 1. The Morgan fingerprint density at radius 3 is 2.48 bits per heavy atom. The minimum absolute atomic E-state index is 0.217. The van der Waals surface area contributed by atoms with E-state index in [-0.39, 0.29) is 6.03 Å². The number of benzene rings is 3. The molecule has 0 unspecified atom stereocenters. The van der Waals surface area contributed by atoms with Crippen LogP contribution in [0.5, 0.6) is 5.75 Å². The van der Waals surface area contributed by atoms with Crippen LogP contribution in [0.4, 0.5) is 16.2 Å². The van der Waals surface area contributed by atoms with E-state index >= 15 is 0 Å². The molecule has 0 saturated heterocycles. The number of rotatable bonds is 8. The van der Waals surface area contributed by atoms with Crippen LogP contribution in [0.3, 0.4) is 0 Å². The van der Waals surface area contributed by atoms with Crippen molar-refractivity contribution >= 4 is 28.3 Å². The molecule has 3 aromatic carbocycles. The molecular formula is C27H30N4O2. The molecule has 0 radical (unpaired) electrons. The third kappa shape index (κ3) is 4.95. The number of ether oxygens (including phenoxy) is 1. The van der Waals surface area contributed by atoms with E-state index in [0.717, 1.165) is 58.7 Å². The van der Waals surface area contributed by atoms with Gasteiger partial charge in [-0.1, -0.05) is 49.4 Å². The summed E-state index contributed by atoms with van der Waals surface area (Å²) in [7, 11) is 1.67. The first-order valence-electron chi connectivity index (χ1n) is 11.3. The molecule has 33 heavy (non-hydrogen) atoms. The Labute approximate surface area is 194 Å². The standard InChI is InChI=1S/C27H30N4O2/c1-3-17-31-24-18-22(33-2)13-14-23(24)25(28)26(31)20-9-11-21(12-10-20)30-27(32)29-16-15-19-7-5-4-6-8-19/h4-14,18H,3,15-17,28H2,1-2H3,(H2,29,30,32). The number of hydrogen-bond donors (Lipinski definition) is 3. The number of nitrogens with zero attached hydrogens (tertiary/aromatic N) is 1. The lowest BCUT2D eigenvalue weighted by molar-refractivity contribution is 0.252. The van der Waals surface area contributed by atoms with E-state index in [0.29, 0.717) is 6.54 Å². The number of fused-ring (bicyclic) bond motifs is 1. The van der Waals surface area contributed by atoms with Gasteiger partial charge in [-0.2, -0.15) is 0 Å². The highest BCUT2D eigenvalue weighted by atomic mass is 16.5. The third-order valence-electron chi connectivity index (χ3n) is 5.72. The maximum atomic E-state index is 12.3. The number of carbonyl (C=O) groups excluding carboxylic acids is 1. The van der Waals surface area contributed by atoms with Gasteiger partial charge in [-0.25, -0.2) is 4.79 Å². The number of aryl methyl sites for hydroxylation is 1. The molecule has 0 aliphatic carbocycles. The van der Waals surface area contributed by atoms with Crippen molar-refractivity contribution in [3.05, 3.63) is 78.4 Å². The Hall–Kier alpha value is -3.93. The molecule has 170 valence electrons. The van der Waals surface area contributed by atoms with Crippen LogP contribution in [0.25, 0.3) is 22.2 Å². The summed E-state index contributed by atoms with van der Waals surface area (Å²) < 4.78 is 7.66. The molecule has 0 spiro atoms. The minimum Gasteiger partial charge on any atom is -0.497 e. The van der Waals surface area contributed by atoms with Gasteiger partial charge >= 0.3 is 6.03 Å². The summed E-state index contributed by atoms with van der Waals surface area (Å²) in [6.07, 6.45) is 1.77. The number of aromatic nitrogens is 1. The van der Waals surface area contributed by atoms with Crippen molar-refractivity contribution in [3.63, 3.8) is 0 Å². The lowest BCUT2D eigenvalue weighted by Crippen LogP contribution is -2.30. The predicted octanol–water partition coefficient (Wildman–Crippen LogP) is 5.67. The topological polar surface area (TPSA) is 81.3 Å². The maximum absolute atomic E-state index is 12.3. The van der Waals surface area contributed by atoms with Crippen LogP contribution in [-0.2, 0) is 13.0 Å². The lowest BCUT2D eigenvalue weighted by Gasteiger charge is -2.12. The average Bonchev–Trinajstić information content (AvgIpc) is 3.11. The second-order valence-corrected chi connectivity index (χ2v) is 7.99. The first kappa shape index (κ1) is 22.3. The van der Waals surface area contributed by atoms with Gasteiger partial charge in [0.15, 0.2) is 0 Å². The van der Waals surface area contributed by atoms with Gasteiger partial charge in [-0.3, -0.25) is 0 Å². The Bertz CT molecular complexity index is 1230. The molecule has 1 aromatic heterocycles. The summed E-state index contributed by atoms with van der Waals surface area (Å²) in [5.41, 5.74) is 12.3. The van der Waals surface area contributed by atoms with E-state index in [2.05, 4.69) is 34.3 Å². The molecule has 0 atom stereocenters. The summed E-state index contributed by atoms with van der Waals surface area (Å²) in [4.78, 5) is 12.3. The number of methoxy groups -OCH3 is 1. The van der Waals surface area contributed by atoms with Gasteiger partial charge < -0.3 is 25.7 Å². The fourth-order valence-electron chi connectivity index (χ4n) is 4.10. The van der Waals surface area contributed by atoms with Crippen LogP contribution < -0.4 is 21.1 Å². The van der Waals surface area contributed by atoms with Crippen LogP contribution in [0.2, 0.25) is 0 Å². The van der Waals surface area contributed by atoms with Crippen LogP contribution in [-0.4, -0.2) is 24.3 Å². The predicted molar refractivity (Wildman–Crippen MR) is 136 cm³/mol. The van der Waals surface area contributed by atoms with E-state index in [4.69, 9.17) is 10.5 Å². The SMILES string of the molecule is CCCn1c(-c2ccc(NC(=O)NCCc3ccccc3)cc2)c(N)c2ccc(OC)cc21. The van der Waals surface area contributed by atoms with Gasteiger partial charge in [0.05, 0.1) is 24.0 Å². The Morgan fingerprint density at radius 1 is 1.03 bits per heavy atom. The van der Waals surface area contributed by atoms with Crippen LogP contribution >= 0.6 is 0 Å². The second kappa shape index (κ2) is 10.1. The van der Waals surface area contributed by atoms with Gasteiger partial charge in [0.25, 0.3) is 0 Å². The van der Waals surface area contributed by atoms with Crippen molar-refractivity contribution in [2.45, 2.75) is 26.3 Å². The van der Waals surface area contributed by atoms with E-state index in [1.165, 1.54) is 5.56 Å². The molecule has 4 N–H and O–H groups in total. The van der Waals surface area contributed by atoms with Crippen LogP contribution in [0, 0.1) is 0 Å². The van der Waals surface area contributed by atoms with E-state index in [1.807, 2.05) is 60.7 Å². The van der Waals surface area contributed by atoms with E-state index in [1.54, 1.807) is 7.11 Å². The molecule has 6 nitrogen and oxygen atoms in total. The van der Waals surface area contributed by atoms with E-state index < -0.39 is 0 Å². The third-order valence-corrected chi connectivity index (χ3v) is 5.72. The molecule has 0 bridgehead atoms. The minimum atomic E-state index is -0.217. The molecule has 2 amide bonds. The van der Waals surface area contributed by atoms with Crippen molar-refractivity contribution in [2.24, 2.45) is 0 Å². The number of amides is 2. The number of hydrogen-bond acceptors (Lipinski definition) is 3. The quantitative estimate of drug-likeness (QED) is 0.329. The Morgan fingerprint density at radius 2 is 1.79 bits per heavy atom. The monoisotopic (exact) mass is 442 g/mol. The zero-order chi connectivity index (χ0) is 23.2. The molecule has 4 rings (SSSR count). The smallest absolute Gasteiger partial charge is 0.319 e. The van der Waals surface area contributed by atoms with Crippen molar-refractivity contribution in [1.82, 2.24) is 9.88 Å². The number of nitrogens with one attached hydrogen (secondary N) is 2. The van der Waals surface area contributed by atoms with Crippen LogP contribution in [0.15, 0.2) is 72.8 Å². The first-order valence-corrected chi connectivity index (χ1v) is 11.3. The number of anilines is 2. The summed E-state index contributed by atoms with van der Waals surface area (Å²) in [5.74, 6) is 0.807. The zero-order valence-electron chi connectivity index (χ0n) is 19.1. The fraction of sp³-hybridized carbons (Fsp3) is 0.222. The molecule has 0 fully saturated rings. The first-order chi connectivity index (χ1) is 16.1. The Balaban J connectivity index is 1.49. The number of nitrogens with two attached hydrogens (primary N) is 1. The van der Waals surface area contributed by atoms with Gasteiger partial charge in [0.2, 0.25) is 0 Å². The molecule has 0 aliphatic heterocycles. The molecule has 0 saturated carbocycles. The van der Waals surface area contributed by atoms with Gasteiger partial charge in [0, 0.05) is 35.8 Å². The molecule has 4 aromatic rings. The van der Waals surface area contributed by atoms with Gasteiger partial charge in [0.1, 0.15) is 5.75 Å². The summed E-state index contributed by atoms with van der Waals surface area (Å²) in [6.45, 7) is 3.57.